The Balaban J connectivity index is 0.000000809. The van der Waals surface area contributed by atoms with E-state index in [-0.39, 0.29) is 24.7 Å². The molecule has 0 unspecified atom stereocenters. The van der Waals surface area contributed by atoms with E-state index in [9.17, 15) is 13.0 Å². The summed E-state index contributed by atoms with van der Waals surface area (Å²) in [6.45, 7) is 3.99. The number of nitrogens with zero attached hydrogens (tertiary/aromatic N) is 1. The molecule has 188 valence electrons. The lowest BCUT2D eigenvalue weighted by Crippen LogP contribution is -2.32. The second-order valence-electron chi connectivity index (χ2n) is 8.03. The highest BCUT2D eigenvalue weighted by molar-refractivity contribution is 7.85. The third kappa shape index (κ3) is 16.6. The fraction of sp³-hybridized carbons (Fsp3) is 0.750. The Labute approximate surface area is 195 Å². The third-order valence-corrected chi connectivity index (χ3v) is 6.25. The molecule has 8 heteroatoms. The van der Waals surface area contributed by atoms with Gasteiger partial charge in [-0.25, -0.2) is 0 Å². The largest absolute Gasteiger partial charge is 0.395 e. The van der Waals surface area contributed by atoms with Crippen LogP contribution in [0.5, 0.6) is 0 Å². The zero-order chi connectivity index (χ0) is 24.1. The van der Waals surface area contributed by atoms with Gasteiger partial charge >= 0.3 is 0 Å². The Morgan fingerprint density at radius 1 is 0.719 bits per heavy atom. The first-order valence-electron chi connectivity index (χ1n) is 12.0. The monoisotopic (exact) mass is 475 g/mol. The third-order valence-electron chi connectivity index (χ3n) is 5.30. The molecule has 1 aromatic carbocycles. The van der Waals surface area contributed by atoms with Crippen molar-refractivity contribution in [1.82, 2.24) is 4.90 Å². The van der Waals surface area contributed by atoms with E-state index in [1.807, 2.05) is 6.07 Å². The van der Waals surface area contributed by atoms with Gasteiger partial charge in [0.1, 0.15) is 0 Å². The predicted molar refractivity (Wildman–Crippen MR) is 130 cm³/mol. The Bertz CT molecular complexity index is 639. The molecule has 0 amide bonds. The van der Waals surface area contributed by atoms with E-state index in [1.54, 1.807) is 17.0 Å². The molecule has 7 nitrogen and oxygen atoms in total. The van der Waals surface area contributed by atoms with Crippen molar-refractivity contribution in [2.45, 2.75) is 82.4 Å². The van der Waals surface area contributed by atoms with Crippen LogP contribution in [0.4, 0.5) is 0 Å². The van der Waals surface area contributed by atoms with Crippen molar-refractivity contribution >= 4 is 10.1 Å². The van der Waals surface area contributed by atoms with E-state index in [4.69, 9.17) is 15.3 Å². The average Bonchev–Trinajstić information content (AvgIpc) is 2.76. The summed E-state index contributed by atoms with van der Waals surface area (Å²) in [7, 11) is -4.10. The lowest BCUT2D eigenvalue weighted by molar-refractivity contribution is 0.136. The minimum atomic E-state index is -4.10. The molecule has 32 heavy (non-hydrogen) atoms. The van der Waals surface area contributed by atoms with Crippen LogP contribution in [0.1, 0.15) is 76.7 Å². The number of aliphatic hydroxyl groups excluding tert-OH is 3. The quantitative estimate of drug-likeness (QED) is 0.189. The SMILES string of the molecule is CCCCCCCCCCCCc1ccccc1S(=O)(=O)O.OCCN(CCO)CCO. The minimum Gasteiger partial charge on any atom is -0.395 e. The maximum atomic E-state index is 11.3. The smallest absolute Gasteiger partial charge is 0.294 e. The molecule has 0 heterocycles. The van der Waals surface area contributed by atoms with Crippen molar-refractivity contribution in [3.05, 3.63) is 29.8 Å². The van der Waals surface area contributed by atoms with E-state index < -0.39 is 10.1 Å². The van der Waals surface area contributed by atoms with E-state index in [2.05, 4.69) is 6.92 Å². The highest BCUT2D eigenvalue weighted by Crippen LogP contribution is 2.18. The molecule has 0 atom stereocenters. The summed E-state index contributed by atoms with van der Waals surface area (Å²) in [5.74, 6) is 0. The van der Waals surface area contributed by atoms with E-state index in [0.29, 0.717) is 26.1 Å². The van der Waals surface area contributed by atoms with Gasteiger partial charge in [0.05, 0.1) is 24.7 Å². The molecule has 0 saturated carbocycles. The summed E-state index contributed by atoms with van der Waals surface area (Å²) in [4.78, 5) is 1.85. The summed E-state index contributed by atoms with van der Waals surface area (Å²) in [5, 5.41) is 25.5. The zero-order valence-corrected chi connectivity index (χ0v) is 20.6. The molecule has 0 aliphatic carbocycles. The van der Waals surface area contributed by atoms with Crippen LogP contribution in [0.15, 0.2) is 29.2 Å². The van der Waals surface area contributed by atoms with Gasteiger partial charge in [0.25, 0.3) is 10.1 Å². The van der Waals surface area contributed by atoms with Gasteiger partial charge in [-0.05, 0) is 24.5 Å². The molecule has 1 aromatic rings. The van der Waals surface area contributed by atoms with Gasteiger partial charge in [-0.2, -0.15) is 8.42 Å². The van der Waals surface area contributed by atoms with Gasteiger partial charge in [0.15, 0.2) is 0 Å². The molecule has 0 aliphatic heterocycles. The summed E-state index contributed by atoms with van der Waals surface area (Å²) in [5.41, 5.74) is 0.726. The maximum absolute atomic E-state index is 11.3. The number of hydrogen-bond acceptors (Lipinski definition) is 6. The molecule has 4 N–H and O–H groups in total. The Hall–Kier alpha value is -1.03. The standard InChI is InChI=1S/C18H30O3S.C6H15NO3/c1-2-3-4-5-6-7-8-9-10-11-14-17-15-12-13-16-18(17)22(19,20)21;8-4-1-7(2-5-9)3-6-10/h12-13,15-16H,2-11,14H2,1H3,(H,19,20,21);8-10H,1-6H2. The summed E-state index contributed by atoms with van der Waals surface area (Å²) in [6.07, 6.45) is 13.3. The number of aliphatic hydroxyl groups is 3. The van der Waals surface area contributed by atoms with Crippen molar-refractivity contribution in [3.63, 3.8) is 0 Å². The molecule has 0 fully saturated rings. The molecular weight excluding hydrogens is 430 g/mol. The molecule has 0 aliphatic rings. The van der Waals surface area contributed by atoms with Crippen LogP contribution in [0.2, 0.25) is 0 Å². The topological polar surface area (TPSA) is 118 Å². The Morgan fingerprint density at radius 3 is 1.59 bits per heavy atom. The number of unbranched alkanes of at least 4 members (excludes halogenated alkanes) is 9. The van der Waals surface area contributed by atoms with Crippen LogP contribution in [-0.4, -0.2) is 72.6 Å². The van der Waals surface area contributed by atoms with Gasteiger partial charge in [-0.3, -0.25) is 9.45 Å². The maximum Gasteiger partial charge on any atom is 0.294 e. The molecule has 0 radical (unpaired) electrons. The molecule has 0 spiro atoms. The van der Waals surface area contributed by atoms with Crippen molar-refractivity contribution in [2.24, 2.45) is 0 Å². The van der Waals surface area contributed by atoms with Crippen LogP contribution < -0.4 is 0 Å². The summed E-state index contributed by atoms with van der Waals surface area (Å²) in [6, 6.07) is 6.73. The highest BCUT2D eigenvalue weighted by Gasteiger charge is 2.13. The zero-order valence-electron chi connectivity index (χ0n) is 19.8. The first kappa shape index (κ1) is 31.0. The Morgan fingerprint density at radius 2 is 1.16 bits per heavy atom. The fourth-order valence-corrected chi connectivity index (χ4v) is 4.28. The first-order chi connectivity index (χ1) is 15.4. The highest BCUT2D eigenvalue weighted by atomic mass is 32.2. The second-order valence-corrected chi connectivity index (χ2v) is 9.42. The van der Waals surface area contributed by atoms with Crippen molar-refractivity contribution in [2.75, 3.05) is 39.5 Å². The number of hydrogen-bond donors (Lipinski definition) is 4. The second kappa shape index (κ2) is 20.6. The van der Waals surface area contributed by atoms with Gasteiger partial charge in [-0.1, -0.05) is 82.9 Å². The lowest BCUT2D eigenvalue weighted by atomic mass is 10.0. The number of benzene rings is 1. The van der Waals surface area contributed by atoms with Crippen LogP contribution >= 0.6 is 0 Å². The van der Waals surface area contributed by atoms with Crippen LogP contribution in [0.3, 0.4) is 0 Å². The van der Waals surface area contributed by atoms with Crippen LogP contribution in [-0.2, 0) is 16.5 Å². The summed E-state index contributed by atoms with van der Waals surface area (Å²) >= 11 is 0. The van der Waals surface area contributed by atoms with Crippen molar-refractivity contribution in [3.8, 4) is 0 Å². The van der Waals surface area contributed by atoms with E-state index >= 15 is 0 Å². The molecule has 1 rings (SSSR count). The van der Waals surface area contributed by atoms with Gasteiger partial charge in [0.2, 0.25) is 0 Å². The number of rotatable bonds is 18. The summed E-state index contributed by atoms with van der Waals surface area (Å²) < 4.78 is 31.8. The fourth-order valence-electron chi connectivity index (χ4n) is 3.52. The number of aryl methyl sites for hydroxylation is 1. The average molecular weight is 476 g/mol. The molecule has 0 saturated heterocycles. The first-order valence-corrected chi connectivity index (χ1v) is 13.4. The molecule has 0 bridgehead atoms. The molecular formula is C24H45NO6S. The van der Waals surface area contributed by atoms with Crippen molar-refractivity contribution < 1.29 is 28.3 Å². The predicted octanol–water partition coefficient (Wildman–Crippen LogP) is 3.66. The van der Waals surface area contributed by atoms with Crippen LogP contribution in [0, 0.1) is 0 Å². The van der Waals surface area contributed by atoms with Crippen LogP contribution in [0.25, 0.3) is 0 Å². The molecule has 0 aromatic heterocycles. The van der Waals surface area contributed by atoms with E-state index in [1.165, 1.54) is 57.4 Å². The normalized spacial score (nSPS) is 11.4. The van der Waals surface area contributed by atoms with Crippen molar-refractivity contribution in [1.29, 1.82) is 0 Å². The van der Waals surface area contributed by atoms with E-state index in [0.717, 1.165) is 18.4 Å². The minimum absolute atomic E-state index is 0.0610. The lowest BCUT2D eigenvalue weighted by Gasteiger charge is -2.17. The van der Waals surface area contributed by atoms with Gasteiger partial charge in [-0.15, -0.1) is 0 Å². The Kier molecular flexibility index (Phi) is 19.9. The van der Waals surface area contributed by atoms with Gasteiger partial charge in [0, 0.05) is 19.6 Å². The van der Waals surface area contributed by atoms with Gasteiger partial charge < -0.3 is 15.3 Å².